The minimum Gasteiger partial charge on any atom is -0.508 e. The number of amides is 1. The third-order valence-corrected chi connectivity index (χ3v) is 5.00. The molecule has 0 radical (unpaired) electrons. The van der Waals surface area contributed by atoms with E-state index in [0.29, 0.717) is 11.6 Å². The lowest BCUT2D eigenvalue weighted by atomic mass is 9.96. The van der Waals surface area contributed by atoms with Crippen molar-refractivity contribution in [1.29, 1.82) is 0 Å². The number of carbonyl (C=O) groups is 1. The van der Waals surface area contributed by atoms with Crippen molar-refractivity contribution >= 4 is 23.7 Å². The quantitative estimate of drug-likeness (QED) is 0.607. The van der Waals surface area contributed by atoms with Crippen molar-refractivity contribution < 1.29 is 14.3 Å². The van der Waals surface area contributed by atoms with Crippen LogP contribution < -0.4 is 5.43 Å². The number of nitrogens with one attached hydrogen (secondary N) is 1. The van der Waals surface area contributed by atoms with Gasteiger partial charge in [0.1, 0.15) is 11.6 Å². The molecule has 2 aromatic carbocycles. The SMILES string of the molecule is O=C(N/N=C\c1ccc(O)cc1)C1CCN(Cc2ccc(F)cc2Cl)CC1. The molecule has 1 aliphatic rings. The normalized spacial score (nSPS) is 15.9. The number of hydrogen-bond acceptors (Lipinski definition) is 4. The molecule has 0 aliphatic carbocycles. The van der Waals surface area contributed by atoms with Crippen LogP contribution in [0.4, 0.5) is 4.39 Å². The molecule has 3 rings (SSSR count). The zero-order valence-electron chi connectivity index (χ0n) is 14.7. The smallest absolute Gasteiger partial charge is 0.243 e. The van der Waals surface area contributed by atoms with Crippen molar-refractivity contribution in [2.45, 2.75) is 19.4 Å². The van der Waals surface area contributed by atoms with Gasteiger partial charge in [0.2, 0.25) is 5.91 Å². The molecule has 27 heavy (non-hydrogen) atoms. The maximum absolute atomic E-state index is 13.1. The minimum absolute atomic E-state index is 0.0816. The molecular formula is C20H21ClFN3O2. The van der Waals surface area contributed by atoms with Gasteiger partial charge in [-0.3, -0.25) is 9.69 Å². The lowest BCUT2D eigenvalue weighted by Gasteiger charge is -2.31. The Morgan fingerprint density at radius 3 is 2.63 bits per heavy atom. The van der Waals surface area contributed by atoms with Gasteiger partial charge in [-0.1, -0.05) is 17.7 Å². The largest absolute Gasteiger partial charge is 0.508 e. The lowest BCUT2D eigenvalue weighted by Crippen LogP contribution is -2.39. The molecule has 1 aliphatic heterocycles. The number of rotatable bonds is 5. The second-order valence-electron chi connectivity index (χ2n) is 6.61. The summed E-state index contributed by atoms with van der Waals surface area (Å²) in [6.07, 6.45) is 3.02. The molecule has 142 valence electrons. The molecule has 0 spiro atoms. The van der Waals surface area contributed by atoms with E-state index >= 15 is 0 Å². The molecule has 1 saturated heterocycles. The van der Waals surface area contributed by atoms with E-state index in [1.54, 1.807) is 36.5 Å². The average molecular weight is 390 g/mol. The summed E-state index contributed by atoms with van der Waals surface area (Å²) in [5.41, 5.74) is 4.26. The van der Waals surface area contributed by atoms with Gasteiger partial charge >= 0.3 is 0 Å². The maximum atomic E-state index is 13.1. The Bertz CT molecular complexity index is 818. The van der Waals surface area contributed by atoms with Crippen LogP contribution in [0.15, 0.2) is 47.6 Å². The predicted octanol–water partition coefficient (Wildman–Crippen LogP) is 3.55. The number of phenolic OH excluding ortho intramolecular Hbond substituents is 1. The zero-order valence-corrected chi connectivity index (χ0v) is 15.5. The number of halogens is 2. The molecule has 2 N–H and O–H groups in total. The summed E-state index contributed by atoms with van der Waals surface area (Å²) in [6, 6.07) is 11.0. The van der Waals surface area contributed by atoms with E-state index in [1.165, 1.54) is 12.1 Å². The standard InChI is InChI=1S/C20H21ClFN3O2/c21-19-11-17(22)4-3-16(19)13-25-9-7-15(8-10-25)20(27)24-23-12-14-1-5-18(26)6-2-14/h1-6,11-12,15,26H,7-10,13H2,(H,24,27)/b23-12-. The number of benzene rings is 2. The van der Waals surface area contributed by atoms with Crippen LogP contribution >= 0.6 is 11.6 Å². The number of carbonyl (C=O) groups excluding carboxylic acids is 1. The molecule has 0 bridgehead atoms. The summed E-state index contributed by atoms with van der Waals surface area (Å²) >= 11 is 6.08. The fourth-order valence-electron chi connectivity index (χ4n) is 3.07. The molecule has 1 heterocycles. The number of hydrogen-bond donors (Lipinski definition) is 2. The number of hydrazone groups is 1. The molecule has 2 aromatic rings. The highest BCUT2D eigenvalue weighted by atomic mass is 35.5. The van der Waals surface area contributed by atoms with Crippen LogP contribution in [-0.4, -0.2) is 35.2 Å². The van der Waals surface area contributed by atoms with Crippen LogP contribution in [0.3, 0.4) is 0 Å². The first-order valence-corrected chi connectivity index (χ1v) is 9.17. The maximum Gasteiger partial charge on any atom is 0.243 e. The Morgan fingerprint density at radius 1 is 1.26 bits per heavy atom. The van der Waals surface area contributed by atoms with Gasteiger partial charge in [-0.15, -0.1) is 0 Å². The third-order valence-electron chi connectivity index (χ3n) is 4.65. The van der Waals surface area contributed by atoms with Crippen molar-refractivity contribution in [2.75, 3.05) is 13.1 Å². The van der Waals surface area contributed by atoms with E-state index in [1.807, 2.05) is 0 Å². The highest BCUT2D eigenvalue weighted by Crippen LogP contribution is 2.23. The molecule has 0 aromatic heterocycles. The van der Waals surface area contributed by atoms with Gasteiger partial charge in [0, 0.05) is 17.5 Å². The average Bonchev–Trinajstić information content (AvgIpc) is 2.66. The highest BCUT2D eigenvalue weighted by molar-refractivity contribution is 6.31. The molecule has 7 heteroatoms. The molecule has 1 amide bonds. The predicted molar refractivity (Wildman–Crippen MR) is 103 cm³/mol. The Balaban J connectivity index is 1.45. The third kappa shape index (κ3) is 5.52. The number of aromatic hydroxyl groups is 1. The first-order chi connectivity index (χ1) is 13.0. The minimum atomic E-state index is -0.341. The van der Waals surface area contributed by atoms with Crippen LogP contribution in [0.5, 0.6) is 5.75 Å². The van der Waals surface area contributed by atoms with E-state index in [4.69, 9.17) is 11.6 Å². The zero-order chi connectivity index (χ0) is 19.2. The highest BCUT2D eigenvalue weighted by Gasteiger charge is 2.25. The summed E-state index contributed by atoms with van der Waals surface area (Å²) in [7, 11) is 0. The second-order valence-corrected chi connectivity index (χ2v) is 7.02. The van der Waals surface area contributed by atoms with Gasteiger partial charge in [0.15, 0.2) is 0 Å². The molecule has 0 unspecified atom stereocenters. The number of phenols is 1. The molecule has 0 atom stereocenters. The van der Waals surface area contributed by atoms with Crippen LogP contribution in [0.1, 0.15) is 24.0 Å². The van der Waals surface area contributed by atoms with Crippen molar-refractivity contribution in [3.63, 3.8) is 0 Å². The summed E-state index contributed by atoms with van der Waals surface area (Å²) in [5, 5.41) is 13.6. The van der Waals surface area contributed by atoms with E-state index in [2.05, 4.69) is 15.4 Å². The Morgan fingerprint density at radius 2 is 1.96 bits per heavy atom. The van der Waals surface area contributed by atoms with Crippen molar-refractivity contribution in [2.24, 2.45) is 11.0 Å². The van der Waals surface area contributed by atoms with Gasteiger partial charge < -0.3 is 5.11 Å². The first kappa shape index (κ1) is 19.3. The van der Waals surface area contributed by atoms with Gasteiger partial charge in [-0.25, -0.2) is 9.82 Å². The summed E-state index contributed by atoms with van der Waals surface area (Å²) in [4.78, 5) is 14.5. The van der Waals surface area contributed by atoms with E-state index < -0.39 is 0 Å². The molecule has 1 fully saturated rings. The topological polar surface area (TPSA) is 64.9 Å². The first-order valence-electron chi connectivity index (χ1n) is 8.79. The Labute approximate surface area is 162 Å². The van der Waals surface area contributed by atoms with Crippen LogP contribution in [-0.2, 0) is 11.3 Å². The fraction of sp³-hybridized carbons (Fsp3) is 0.300. The van der Waals surface area contributed by atoms with Crippen molar-refractivity contribution in [3.05, 3.63) is 64.4 Å². The van der Waals surface area contributed by atoms with Crippen molar-refractivity contribution in [3.8, 4) is 5.75 Å². The summed E-state index contributed by atoms with van der Waals surface area (Å²) in [6.45, 7) is 2.19. The van der Waals surface area contributed by atoms with Crippen LogP contribution in [0.2, 0.25) is 5.02 Å². The Kier molecular flexibility index (Phi) is 6.42. The summed E-state index contributed by atoms with van der Waals surface area (Å²) in [5.74, 6) is -0.330. The molecule has 0 saturated carbocycles. The monoisotopic (exact) mass is 389 g/mol. The van der Waals surface area contributed by atoms with Crippen LogP contribution in [0, 0.1) is 11.7 Å². The van der Waals surface area contributed by atoms with Crippen molar-refractivity contribution in [1.82, 2.24) is 10.3 Å². The molecule has 5 nitrogen and oxygen atoms in total. The van der Waals surface area contributed by atoms with Gasteiger partial charge in [0.05, 0.1) is 6.21 Å². The summed E-state index contributed by atoms with van der Waals surface area (Å²) < 4.78 is 13.1. The number of likely N-dealkylation sites (tertiary alicyclic amines) is 1. The van der Waals surface area contributed by atoms with E-state index in [9.17, 15) is 14.3 Å². The number of nitrogens with zero attached hydrogens (tertiary/aromatic N) is 2. The number of piperidine rings is 1. The fourth-order valence-corrected chi connectivity index (χ4v) is 3.29. The van der Waals surface area contributed by atoms with E-state index in [0.717, 1.165) is 37.1 Å². The van der Waals surface area contributed by atoms with E-state index in [-0.39, 0.29) is 23.4 Å². The van der Waals surface area contributed by atoms with Gasteiger partial charge in [-0.05, 0) is 73.5 Å². The second kappa shape index (κ2) is 8.97. The van der Waals surface area contributed by atoms with Gasteiger partial charge in [0.25, 0.3) is 0 Å². The Hall–Kier alpha value is -2.44. The lowest BCUT2D eigenvalue weighted by molar-refractivity contribution is -0.126. The van der Waals surface area contributed by atoms with Crippen LogP contribution in [0.25, 0.3) is 0 Å². The van der Waals surface area contributed by atoms with Gasteiger partial charge in [-0.2, -0.15) is 5.10 Å². The molecular weight excluding hydrogens is 369 g/mol.